The molecule has 3 aromatic rings. The Morgan fingerprint density at radius 1 is 1.11 bits per heavy atom. The fourth-order valence-electron chi connectivity index (χ4n) is 5.73. The van der Waals surface area contributed by atoms with Crippen molar-refractivity contribution in [2.45, 2.75) is 45.3 Å². The monoisotopic (exact) mass is 505 g/mol. The molecule has 1 aromatic carbocycles. The number of benzene rings is 1. The predicted octanol–water partition coefficient (Wildman–Crippen LogP) is 2.78. The van der Waals surface area contributed by atoms with Gasteiger partial charge in [-0.05, 0) is 48.6 Å². The second-order valence-corrected chi connectivity index (χ2v) is 10.5. The summed E-state index contributed by atoms with van der Waals surface area (Å²) in [4.78, 5) is 40.4. The van der Waals surface area contributed by atoms with E-state index in [0.29, 0.717) is 32.7 Å². The van der Waals surface area contributed by atoms with Crippen molar-refractivity contribution in [3.63, 3.8) is 0 Å². The van der Waals surface area contributed by atoms with Crippen molar-refractivity contribution < 1.29 is 14.3 Å². The molecule has 3 amide bonds. The van der Waals surface area contributed by atoms with Crippen LogP contribution in [0.2, 0.25) is 0 Å². The second kappa shape index (κ2) is 10.3. The van der Waals surface area contributed by atoms with Gasteiger partial charge in [-0.3, -0.25) is 9.59 Å². The molecule has 2 aliphatic rings. The first-order chi connectivity index (χ1) is 17.8. The highest BCUT2D eigenvalue weighted by Gasteiger charge is 2.37. The van der Waals surface area contributed by atoms with Crippen LogP contribution in [0.15, 0.2) is 53.5 Å². The molecular formula is C28H35N5O4. The van der Waals surface area contributed by atoms with E-state index in [1.807, 2.05) is 59.8 Å². The van der Waals surface area contributed by atoms with Gasteiger partial charge in [-0.15, -0.1) is 0 Å². The van der Waals surface area contributed by atoms with Crippen molar-refractivity contribution in [3.8, 4) is 5.75 Å². The maximum atomic E-state index is 13.2. The molecule has 0 spiro atoms. The summed E-state index contributed by atoms with van der Waals surface area (Å²) < 4.78 is 9.23. The van der Waals surface area contributed by atoms with Gasteiger partial charge in [0, 0.05) is 67.5 Å². The number of rotatable bonds is 7. The molecule has 196 valence electrons. The number of piperidine rings is 1. The minimum atomic E-state index is -0.630. The predicted molar refractivity (Wildman–Crippen MR) is 142 cm³/mol. The number of nitrogens with one attached hydrogen (secondary N) is 2. The number of nitrogens with zero attached hydrogens (tertiary/aromatic N) is 3. The lowest BCUT2D eigenvalue weighted by Crippen LogP contribution is -2.57. The van der Waals surface area contributed by atoms with Crippen molar-refractivity contribution >= 4 is 22.8 Å². The minimum absolute atomic E-state index is 0.0225. The average Bonchev–Trinajstić information content (AvgIpc) is 3.29. The second-order valence-electron chi connectivity index (χ2n) is 10.5. The van der Waals surface area contributed by atoms with Crippen LogP contribution in [0.5, 0.6) is 5.75 Å². The number of amides is 3. The molecular weight excluding hydrogens is 470 g/mol. The average molecular weight is 506 g/mol. The summed E-state index contributed by atoms with van der Waals surface area (Å²) in [6.45, 7) is 6.70. The van der Waals surface area contributed by atoms with E-state index < -0.39 is 6.04 Å². The Hall–Kier alpha value is -3.75. The maximum absolute atomic E-state index is 13.2. The lowest BCUT2D eigenvalue weighted by molar-refractivity contribution is -0.124. The molecule has 2 bridgehead atoms. The fourth-order valence-corrected chi connectivity index (χ4v) is 5.73. The van der Waals surface area contributed by atoms with Gasteiger partial charge in [-0.1, -0.05) is 19.9 Å². The number of hydrogen-bond donors (Lipinski definition) is 2. The number of hydrogen-bond acceptors (Lipinski definition) is 4. The number of likely N-dealkylation sites (tertiary alicyclic amines) is 1. The highest BCUT2D eigenvalue weighted by atomic mass is 16.5. The Labute approximate surface area is 216 Å². The third-order valence-electron chi connectivity index (χ3n) is 7.63. The van der Waals surface area contributed by atoms with E-state index in [2.05, 4.69) is 15.2 Å². The number of methoxy groups -OCH3 is 1. The molecule has 9 heteroatoms. The van der Waals surface area contributed by atoms with Gasteiger partial charge in [0.05, 0.1) is 7.11 Å². The van der Waals surface area contributed by atoms with Gasteiger partial charge in [0.15, 0.2) is 0 Å². The first kappa shape index (κ1) is 24.9. The van der Waals surface area contributed by atoms with Crippen LogP contribution >= 0.6 is 0 Å². The fraction of sp³-hybridized carbons (Fsp3) is 0.464. The van der Waals surface area contributed by atoms with Gasteiger partial charge in [0.25, 0.3) is 5.56 Å². The van der Waals surface area contributed by atoms with Crippen LogP contribution in [-0.2, 0) is 17.9 Å². The molecule has 3 atom stereocenters. The number of ether oxygens (including phenoxy) is 1. The number of carbonyl (C=O) groups excluding carboxylic acids is 2. The van der Waals surface area contributed by atoms with Gasteiger partial charge in [0.2, 0.25) is 5.91 Å². The van der Waals surface area contributed by atoms with Crippen LogP contribution in [0.1, 0.15) is 31.9 Å². The van der Waals surface area contributed by atoms with Gasteiger partial charge in [0.1, 0.15) is 11.8 Å². The molecule has 5 rings (SSSR count). The molecule has 0 saturated carbocycles. The number of carbonyl (C=O) groups is 2. The lowest BCUT2D eigenvalue weighted by atomic mass is 9.83. The van der Waals surface area contributed by atoms with Gasteiger partial charge in [-0.2, -0.15) is 0 Å². The first-order valence-corrected chi connectivity index (χ1v) is 13.0. The standard InChI is InChI=1S/C28H35N5O4/c1-18(2)26(27(35)29-10-12-31-11-9-20-14-22(37-3)7-8-23(20)31)30-28(36)32-15-19-13-21(17-32)24-5-4-6-25(34)33(24)16-19/h4-9,11,14,18-19,21,26H,10,12-13,15-17H2,1-3H3,(H,29,35)(H,30,36). The van der Waals surface area contributed by atoms with Crippen LogP contribution in [-0.4, -0.2) is 58.8 Å². The van der Waals surface area contributed by atoms with E-state index in [9.17, 15) is 14.4 Å². The molecule has 2 aromatic heterocycles. The van der Waals surface area contributed by atoms with Crippen molar-refractivity contribution in [1.29, 1.82) is 0 Å². The van der Waals surface area contributed by atoms with Crippen molar-refractivity contribution in [1.82, 2.24) is 24.7 Å². The summed E-state index contributed by atoms with van der Waals surface area (Å²) in [7, 11) is 1.65. The van der Waals surface area contributed by atoms with E-state index in [0.717, 1.165) is 28.8 Å². The zero-order valence-electron chi connectivity index (χ0n) is 21.6. The van der Waals surface area contributed by atoms with Gasteiger partial charge >= 0.3 is 6.03 Å². The molecule has 0 radical (unpaired) electrons. The SMILES string of the molecule is COc1ccc2c(ccn2CCNC(=O)C(NC(=O)N2CC3CC(C2)c2cccc(=O)n2C3)C(C)C)c1. The summed E-state index contributed by atoms with van der Waals surface area (Å²) in [6, 6.07) is 12.5. The topological polar surface area (TPSA) is 97.6 Å². The Morgan fingerprint density at radius 2 is 1.95 bits per heavy atom. The van der Waals surface area contributed by atoms with E-state index in [-0.39, 0.29) is 35.3 Å². The molecule has 3 unspecified atom stereocenters. The molecule has 4 heterocycles. The molecule has 2 aliphatic heterocycles. The molecule has 0 aliphatic carbocycles. The zero-order chi connectivity index (χ0) is 26.1. The summed E-state index contributed by atoms with van der Waals surface area (Å²) >= 11 is 0. The van der Waals surface area contributed by atoms with Crippen molar-refractivity contribution in [2.24, 2.45) is 11.8 Å². The largest absolute Gasteiger partial charge is 0.497 e. The Morgan fingerprint density at radius 3 is 2.73 bits per heavy atom. The summed E-state index contributed by atoms with van der Waals surface area (Å²) in [6.07, 6.45) is 2.97. The van der Waals surface area contributed by atoms with Gasteiger partial charge < -0.3 is 29.4 Å². The maximum Gasteiger partial charge on any atom is 0.318 e. The zero-order valence-corrected chi connectivity index (χ0v) is 21.6. The summed E-state index contributed by atoms with van der Waals surface area (Å²) in [5.74, 6) is 0.933. The van der Waals surface area contributed by atoms with E-state index in [1.54, 1.807) is 19.2 Å². The van der Waals surface area contributed by atoms with E-state index in [4.69, 9.17) is 4.74 Å². The van der Waals surface area contributed by atoms with Crippen LogP contribution in [0.25, 0.3) is 10.9 Å². The third kappa shape index (κ3) is 5.08. The lowest BCUT2D eigenvalue weighted by Gasteiger charge is -2.43. The molecule has 37 heavy (non-hydrogen) atoms. The highest BCUT2D eigenvalue weighted by Crippen LogP contribution is 2.35. The normalized spacial score (nSPS) is 19.4. The number of urea groups is 1. The van der Waals surface area contributed by atoms with E-state index in [1.165, 1.54) is 0 Å². The van der Waals surface area contributed by atoms with Crippen molar-refractivity contribution in [2.75, 3.05) is 26.7 Å². The number of pyridine rings is 1. The van der Waals surface area contributed by atoms with Crippen molar-refractivity contribution in [3.05, 3.63) is 64.7 Å². The molecule has 1 saturated heterocycles. The summed E-state index contributed by atoms with van der Waals surface area (Å²) in [5.41, 5.74) is 2.09. The van der Waals surface area contributed by atoms with Crippen LogP contribution in [0.4, 0.5) is 4.79 Å². The molecule has 2 N–H and O–H groups in total. The number of aromatic nitrogens is 2. The smallest absolute Gasteiger partial charge is 0.318 e. The first-order valence-electron chi connectivity index (χ1n) is 13.0. The minimum Gasteiger partial charge on any atom is -0.497 e. The molecule has 9 nitrogen and oxygen atoms in total. The quantitative estimate of drug-likeness (QED) is 0.516. The van der Waals surface area contributed by atoms with Crippen LogP contribution < -0.4 is 20.9 Å². The van der Waals surface area contributed by atoms with E-state index >= 15 is 0 Å². The molecule has 1 fully saturated rings. The number of fused-ring (bicyclic) bond motifs is 5. The summed E-state index contributed by atoms with van der Waals surface area (Å²) in [5, 5.41) is 7.06. The van der Waals surface area contributed by atoms with Gasteiger partial charge in [-0.25, -0.2) is 4.79 Å². The third-order valence-corrected chi connectivity index (χ3v) is 7.63. The van der Waals surface area contributed by atoms with Crippen LogP contribution in [0, 0.1) is 11.8 Å². The Kier molecular flexibility index (Phi) is 6.95. The Balaban J connectivity index is 1.18. The van der Waals surface area contributed by atoms with Crippen LogP contribution in [0.3, 0.4) is 0 Å². The highest BCUT2D eigenvalue weighted by molar-refractivity contribution is 5.87. The Bertz CT molecular complexity index is 1360.